The van der Waals surface area contributed by atoms with Crippen molar-refractivity contribution in [1.29, 1.82) is 0 Å². The Labute approximate surface area is 123 Å². The van der Waals surface area contributed by atoms with Gasteiger partial charge in [0.15, 0.2) is 0 Å². The maximum Gasteiger partial charge on any atom is 0.223 e. The van der Waals surface area contributed by atoms with E-state index in [2.05, 4.69) is 26.8 Å². The van der Waals surface area contributed by atoms with Gasteiger partial charge >= 0.3 is 0 Å². The quantitative estimate of drug-likeness (QED) is 0.804. The lowest BCUT2D eigenvalue weighted by Gasteiger charge is -2.36. The van der Waals surface area contributed by atoms with E-state index < -0.39 is 0 Å². The summed E-state index contributed by atoms with van der Waals surface area (Å²) in [6.07, 6.45) is 6.24. The standard InChI is InChI=1S/C17H29NO2/c1-12(2)16-9-14(13(3)8-15(16)11-19)10-17(20)18-6-4-5-7-18/h8,12,14-16,19H,4-7,9-11H2,1-3H3. The second kappa shape index (κ2) is 6.75. The molecule has 0 aromatic heterocycles. The van der Waals surface area contributed by atoms with Gasteiger partial charge in [-0.2, -0.15) is 0 Å². The summed E-state index contributed by atoms with van der Waals surface area (Å²) < 4.78 is 0. The molecule has 114 valence electrons. The summed E-state index contributed by atoms with van der Waals surface area (Å²) in [6.45, 7) is 8.69. The molecular formula is C17H29NO2. The van der Waals surface area contributed by atoms with Crippen molar-refractivity contribution in [3.05, 3.63) is 11.6 Å². The molecule has 2 rings (SSSR count). The van der Waals surface area contributed by atoms with Crippen molar-refractivity contribution in [1.82, 2.24) is 4.90 Å². The van der Waals surface area contributed by atoms with Crippen LogP contribution in [0.4, 0.5) is 0 Å². The minimum Gasteiger partial charge on any atom is -0.396 e. The first-order valence-corrected chi connectivity index (χ1v) is 8.10. The van der Waals surface area contributed by atoms with Crippen LogP contribution in [0.25, 0.3) is 0 Å². The second-order valence-corrected chi connectivity index (χ2v) is 6.89. The molecule has 1 aliphatic carbocycles. The van der Waals surface area contributed by atoms with Crippen molar-refractivity contribution in [3.8, 4) is 0 Å². The van der Waals surface area contributed by atoms with E-state index in [4.69, 9.17) is 0 Å². The molecule has 1 fully saturated rings. The summed E-state index contributed by atoms with van der Waals surface area (Å²) in [5, 5.41) is 9.55. The maximum absolute atomic E-state index is 12.3. The van der Waals surface area contributed by atoms with Crippen LogP contribution in [-0.2, 0) is 4.79 Å². The van der Waals surface area contributed by atoms with Crippen LogP contribution < -0.4 is 0 Å². The SMILES string of the molecule is CC1=CC(CO)C(C(C)C)CC1CC(=O)N1CCCC1. The molecule has 1 heterocycles. The molecule has 3 heteroatoms. The fourth-order valence-corrected chi connectivity index (χ4v) is 3.79. The van der Waals surface area contributed by atoms with Gasteiger partial charge in [0, 0.05) is 32.0 Å². The van der Waals surface area contributed by atoms with E-state index in [0.29, 0.717) is 30.1 Å². The highest BCUT2D eigenvalue weighted by Gasteiger charge is 2.33. The van der Waals surface area contributed by atoms with Crippen molar-refractivity contribution in [3.63, 3.8) is 0 Å². The molecule has 3 unspecified atom stereocenters. The van der Waals surface area contributed by atoms with Gasteiger partial charge in [-0.25, -0.2) is 0 Å². The molecule has 0 saturated carbocycles. The number of hydrogen-bond acceptors (Lipinski definition) is 2. The van der Waals surface area contributed by atoms with Crippen LogP contribution in [0.2, 0.25) is 0 Å². The van der Waals surface area contributed by atoms with E-state index in [1.54, 1.807) is 0 Å². The summed E-state index contributed by atoms with van der Waals surface area (Å²) in [4.78, 5) is 14.4. The topological polar surface area (TPSA) is 40.5 Å². The average molecular weight is 279 g/mol. The number of amides is 1. The number of aliphatic hydroxyl groups excluding tert-OH is 1. The summed E-state index contributed by atoms with van der Waals surface area (Å²) in [6, 6.07) is 0. The van der Waals surface area contributed by atoms with Gasteiger partial charge in [0.05, 0.1) is 0 Å². The molecule has 1 N–H and O–H groups in total. The molecule has 0 bridgehead atoms. The Bertz CT molecular complexity index is 369. The fraction of sp³-hybridized carbons (Fsp3) is 0.824. The Morgan fingerprint density at radius 2 is 2.05 bits per heavy atom. The number of rotatable bonds is 4. The fourth-order valence-electron chi connectivity index (χ4n) is 3.79. The third-order valence-corrected chi connectivity index (χ3v) is 5.17. The van der Waals surface area contributed by atoms with Gasteiger partial charge in [-0.1, -0.05) is 25.5 Å². The minimum atomic E-state index is 0.229. The molecule has 1 saturated heterocycles. The van der Waals surface area contributed by atoms with Gasteiger partial charge in [-0.3, -0.25) is 4.79 Å². The molecule has 0 radical (unpaired) electrons. The van der Waals surface area contributed by atoms with Crippen LogP contribution in [0.5, 0.6) is 0 Å². The van der Waals surface area contributed by atoms with Crippen molar-refractivity contribution < 1.29 is 9.90 Å². The number of hydrogen-bond donors (Lipinski definition) is 1. The lowest BCUT2D eigenvalue weighted by atomic mass is 9.70. The van der Waals surface area contributed by atoms with Crippen molar-refractivity contribution >= 4 is 5.91 Å². The third kappa shape index (κ3) is 3.43. The molecule has 0 aromatic rings. The minimum absolute atomic E-state index is 0.229. The van der Waals surface area contributed by atoms with Gasteiger partial charge < -0.3 is 10.0 Å². The Morgan fingerprint density at radius 3 is 2.60 bits per heavy atom. The summed E-state index contributed by atoms with van der Waals surface area (Å²) >= 11 is 0. The molecule has 1 amide bonds. The van der Waals surface area contributed by atoms with Crippen LogP contribution in [0, 0.1) is 23.7 Å². The lowest BCUT2D eigenvalue weighted by molar-refractivity contribution is -0.131. The van der Waals surface area contributed by atoms with Gasteiger partial charge in [-0.05, 0) is 43.9 Å². The number of carbonyl (C=O) groups is 1. The Morgan fingerprint density at radius 1 is 1.40 bits per heavy atom. The van der Waals surface area contributed by atoms with E-state index in [-0.39, 0.29) is 12.5 Å². The molecule has 1 aliphatic heterocycles. The first-order valence-electron chi connectivity index (χ1n) is 8.10. The zero-order chi connectivity index (χ0) is 14.7. The van der Waals surface area contributed by atoms with Crippen LogP contribution in [0.3, 0.4) is 0 Å². The number of allylic oxidation sites excluding steroid dienone is 1. The first-order chi connectivity index (χ1) is 9.52. The highest BCUT2D eigenvalue weighted by atomic mass is 16.3. The van der Waals surface area contributed by atoms with E-state index in [1.165, 1.54) is 5.57 Å². The van der Waals surface area contributed by atoms with Crippen molar-refractivity contribution in [2.24, 2.45) is 23.7 Å². The number of nitrogens with zero attached hydrogens (tertiary/aromatic N) is 1. The number of aliphatic hydroxyl groups is 1. The van der Waals surface area contributed by atoms with Gasteiger partial charge in [0.2, 0.25) is 5.91 Å². The summed E-state index contributed by atoms with van der Waals surface area (Å²) in [5.74, 6) is 2.03. The Hall–Kier alpha value is -0.830. The monoisotopic (exact) mass is 279 g/mol. The summed E-state index contributed by atoms with van der Waals surface area (Å²) in [7, 11) is 0. The third-order valence-electron chi connectivity index (χ3n) is 5.17. The van der Waals surface area contributed by atoms with E-state index in [0.717, 1.165) is 32.4 Å². The number of likely N-dealkylation sites (tertiary alicyclic amines) is 1. The second-order valence-electron chi connectivity index (χ2n) is 6.89. The van der Waals surface area contributed by atoms with Gasteiger partial charge in [-0.15, -0.1) is 0 Å². The largest absolute Gasteiger partial charge is 0.396 e. The average Bonchev–Trinajstić information content (AvgIpc) is 2.94. The predicted molar refractivity (Wildman–Crippen MR) is 81.2 cm³/mol. The van der Waals surface area contributed by atoms with Gasteiger partial charge in [0.1, 0.15) is 0 Å². The van der Waals surface area contributed by atoms with E-state index >= 15 is 0 Å². The first kappa shape index (κ1) is 15.6. The normalized spacial score (nSPS) is 30.8. The lowest BCUT2D eigenvalue weighted by Crippen LogP contribution is -2.34. The molecule has 3 nitrogen and oxygen atoms in total. The Kier molecular flexibility index (Phi) is 5.25. The predicted octanol–water partition coefficient (Wildman–Crippen LogP) is 2.85. The molecule has 20 heavy (non-hydrogen) atoms. The molecule has 0 spiro atoms. The Balaban J connectivity index is 2.02. The van der Waals surface area contributed by atoms with E-state index in [9.17, 15) is 9.90 Å². The summed E-state index contributed by atoms with van der Waals surface area (Å²) in [5.41, 5.74) is 1.30. The molecular weight excluding hydrogens is 250 g/mol. The smallest absolute Gasteiger partial charge is 0.223 e. The van der Waals surface area contributed by atoms with Crippen molar-refractivity contribution in [2.45, 2.75) is 46.5 Å². The molecule has 3 atom stereocenters. The zero-order valence-corrected chi connectivity index (χ0v) is 13.1. The highest BCUT2D eigenvalue weighted by Crippen LogP contribution is 2.39. The van der Waals surface area contributed by atoms with Gasteiger partial charge in [0.25, 0.3) is 0 Å². The van der Waals surface area contributed by atoms with Crippen LogP contribution in [0.15, 0.2) is 11.6 Å². The van der Waals surface area contributed by atoms with Crippen LogP contribution in [0.1, 0.15) is 46.5 Å². The molecule has 0 aromatic carbocycles. The maximum atomic E-state index is 12.3. The number of carbonyl (C=O) groups excluding carboxylic acids is 1. The zero-order valence-electron chi connectivity index (χ0n) is 13.1. The molecule has 2 aliphatic rings. The van der Waals surface area contributed by atoms with Crippen LogP contribution >= 0.6 is 0 Å². The van der Waals surface area contributed by atoms with Crippen LogP contribution in [-0.4, -0.2) is 35.6 Å². The highest BCUT2D eigenvalue weighted by molar-refractivity contribution is 5.77. The van der Waals surface area contributed by atoms with E-state index in [1.807, 2.05) is 4.90 Å². The van der Waals surface area contributed by atoms with Crippen molar-refractivity contribution in [2.75, 3.05) is 19.7 Å².